The summed E-state index contributed by atoms with van der Waals surface area (Å²) in [7, 11) is 0. The number of carbonyl (C=O) groups excluding carboxylic acids is 1. The van der Waals surface area contributed by atoms with Crippen molar-refractivity contribution in [3.63, 3.8) is 0 Å². The molecule has 0 bridgehead atoms. The fourth-order valence-electron chi connectivity index (χ4n) is 2.87. The fraction of sp³-hybridized carbons (Fsp3) is 0.105. The Balaban J connectivity index is 1.42. The number of anilines is 2. The van der Waals surface area contributed by atoms with Crippen molar-refractivity contribution in [3.05, 3.63) is 78.5 Å². The Morgan fingerprint density at radius 2 is 1.83 bits per heavy atom. The van der Waals surface area contributed by atoms with E-state index in [0.717, 1.165) is 17.4 Å². The van der Waals surface area contributed by atoms with E-state index < -0.39 is 17.8 Å². The summed E-state index contributed by atoms with van der Waals surface area (Å²) in [5.41, 5.74) is 0.674. The van der Waals surface area contributed by atoms with Gasteiger partial charge in [0, 0.05) is 18.6 Å². The lowest BCUT2D eigenvalue weighted by atomic mass is 10.1. The van der Waals surface area contributed by atoms with Crippen LogP contribution < -0.4 is 10.6 Å². The van der Waals surface area contributed by atoms with Gasteiger partial charge in [0.05, 0.1) is 35.4 Å². The summed E-state index contributed by atoms with van der Waals surface area (Å²) >= 11 is 0. The number of imidazole rings is 1. The molecule has 29 heavy (non-hydrogen) atoms. The molecule has 7 nitrogen and oxygen atoms in total. The summed E-state index contributed by atoms with van der Waals surface area (Å²) in [5.74, 6) is 0. The first-order chi connectivity index (χ1) is 13.9. The molecule has 0 saturated heterocycles. The minimum Gasteiger partial charge on any atom is -0.307 e. The van der Waals surface area contributed by atoms with Gasteiger partial charge in [0.15, 0.2) is 0 Å². The molecule has 2 N–H and O–H groups in total. The number of aromatic nitrogens is 4. The monoisotopic (exact) mass is 400 g/mol. The van der Waals surface area contributed by atoms with Gasteiger partial charge in [-0.3, -0.25) is 4.68 Å². The van der Waals surface area contributed by atoms with Crippen molar-refractivity contribution < 1.29 is 18.0 Å². The molecular formula is C19H15F3N6O. The van der Waals surface area contributed by atoms with Gasteiger partial charge < -0.3 is 15.0 Å². The Morgan fingerprint density at radius 3 is 2.62 bits per heavy atom. The topological polar surface area (TPSA) is 76.2 Å². The second kappa shape index (κ2) is 7.30. The van der Waals surface area contributed by atoms with E-state index in [4.69, 9.17) is 0 Å². The van der Waals surface area contributed by atoms with Gasteiger partial charge in [0.2, 0.25) is 0 Å². The molecule has 0 aliphatic carbocycles. The largest absolute Gasteiger partial charge is 0.418 e. The van der Waals surface area contributed by atoms with Crippen LogP contribution in [-0.4, -0.2) is 25.2 Å². The molecule has 0 aliphatic rings. The highest BCUT2D eigenvalue weighted by molar-refractivity contribution is 6.00. The maximum Gasteiger partial charge on any atom is 0.418 e. The number of rotatable bonds is 4. The maximum absolute atomic E-state index is 13.0. The number of halogens is 3. The number of hydrogen-bond donors (Lipinski definition) is 2. The molecule has 3 heterocycles. The van der Waals surface area contributed by atoms with Gasteiger partial charge in [-0.05, 0) is 24.3 Å². The Morgan fingerprint density at radius 1 is 1.03 bits per heavy atom. The van der Waals surface area contributed by atoms with Crippen LogP contribution in [0.3, 0.4) is 0 Å². The summed E-state index contributed by atoms with van der Waals surface area (Å²) in [4.78, 5) is 16.6. The van der Waals surface area contributed by atoms with Crippen LogP contribution >= 0.6 is 0 Å². The van der Waals surface area contributed by atoms with Crippen molar-refractivity contribution in [2.75, 3.05) is 10.6 Å². The quantitative estimate of drug-likeness (QED) is 0.538. The number of para-hydroxylation sites is 1. The number of urea groups is 1. The van der Waals surface area contributed by atoms with Crippen molar-refractivity contribution in [1.29, 1.82) is 0 Å². The van der Waals surface area contributed by atoms with Crippen LogP contribution in [0, 0.1) is 0 Å². The molecule has 0 spiro atoms. The van der Waals surface area contributed by atoms with Crippen molar-refractivity contribution in [2.24, 2.45) is 0 Å². The van der Waals surface area contributed by atoms with E-state index in [2.05, 4.69) is 20.7 Å². The highest BCUT2D eigenvalue weighted by Gasteiger charge is 2.33. The number of nitrogens with zero attached hydrogens (tertiary/aromatic N) is 4. The first-order valence-electron chi connectivity index (χ1n) is 8.58. The summed E-state index contributed by atoms with van der Waals surface area (Å²) in [5, 5.41) is 8.84. The van der Waals surface area contributed by atoms with Gasteiger partial charge in [0.25, 0.3) is 0 Å². The molecule has 1 aromatic carbocycles. The van der Waals surface area contributed by atoms with Gasteiger partial charge in [-0.15, -0.1) is 0 Å². The second-order valence-electron chi connectivity index (χ2n) is 6.25. The van der Waals surface area contributed by atoms with Crippen molar-refractivity contribution in [1.82, 2.24) is 19.2 Å². The molecule has 2 amide bonds. The van der Waals surface area contributed by atoms with Crippen molar-refractivity contribution in [2.45, 2.75) is 12.7 Å². The predicted octanol–water partition coefficient (Wildman–Crippen LogP) is 4.24. The first-order valence-corrected chi connectivity index (χ1v) is 8.58. The molecule has 148 valence electrons. The highest BCUT2D eigenvalue weighted by atomic mass is 19.4. The van der Waals surface area contributed by atoms with Crippen LogP contribution in [-0.2, 0) is 12.7 Å². The Labute approximate surface area is 162 Å². The smallest absolute Gasteiger partial charge is 0.307 e. The minimum absolute atomic E-state index is 0.324. The Hall–Kier alpha value is -3.82. The molecular weight excluding hydrogens is 385 g/mol. The number of fused-ring (bicyclic) bond motifs is 1. The molecule has 0 atom stereocenters. The minimum atomic E-state index is -4.57. The van der Waals surface area contributed by atoms with E-state index in [1.807, 2.05) is 35.0 Å². The maximum atomic E-state index is 13.0. The molecule has 0 aliphatic heterocycles. The van der Waals surface area contributed by atoms with Gasteiger partial charge in [-0.1, -0.05) is 18.2 Å². The number of pyridine rings is 1. The lowest BCUT2D eigenvalue weighted by Gasteiger charge is -2.13. The molecule has 3 aromatic heterocycles. The molecule has 10 heteroatoms. The van der Waals surface area contributed by atoms with Crippen LogP contribution in [0.2, 0.25) is 0 Å². The van der Waals surface area contributed by atoms with Gasteiger partial charge in [-0.25, -0.2) is 9.78 Å². The predicted molar refractivity (Wildman–Crippen MR) is 101 cm³/mol. The number of carbonyl (C=O) groups is 1. The molecule has 0 unspecified atom stereocenters. The van der Waals surface area contributed by atoms with E-state index in [9.17, 15) is 18.0 Å². The lowest BCUT2D eigenvalue weighted by molar-refractivity contribution is -0.136. The van der Waals surface area contributed by atoms with Gasteiger partial charge in [-0.2, -0.15) is 18.3 Å². The first kappa shape index (κ1) is 18.5. The van der Waals surface area contributed by atoms with Crippen molar-refractivity contribution >= 4 is 23.1 Å². The zero-order chi connectivity index (χ0) is 20.4. The van der Waals surface area contributed by atoms with E-state index in [0.29, 0.717) is 12.2 Å². The molecule has 0 saturated carbocycles. The van der Waals surface area contributed by atoms with E-state index in [-0.39, 0.29) is 5.69 Å². The van der Waals surface area contributed by atoms with Crippen LogP contribution in [0.1, 0.15) is 11.3 Å². The summed E-state index contributed by atoms with van der Waals surface area (Å²) in [6, 6.07) is 9.63. The molecule has 0 fully saturated rings. The van der Waals surface area contributed by atoms with Crippen LogP contribution in [0.4, 0.5) is 29.3 Å². The zero-order valence-corrected chi connectivity index (χ0v) is 14.9. The van der Waals surface area contributed by atoms with Gasteiger partial charge in [0.1, 0.15) is 5.65 Å². The average Bonchev–Trinajstić information content (AvgIpc) is 3.27. The lowest BCUT2D eigenvalue weighted by Crippen LogP contribution is -2.21. The SMILES string of the molecule is O=C(Nc1cnn(Cc2cn3ccccc3n2)c1)Nc1ccccc1C(F)(F)F. The number of benzene rings is 1. The molecule has 4 rings (SSSR count). The summed E-state index contributed by atoms with van der Waals surface area (Å²) in [6.07, 6.45) is 2.16. The number of nitrogens with one attached hydrogen (secondary N) is 2. The van der Waals surface area contributed by atoms with E-state index in [1.165, 1.54) is 24.4 Å². The molecule has 0 radical (unpaired) electrons. The number of amides is 2. The normalized spacial score (nSPS) is 11.6. The third-order valence-corrected chi connectivity index (χ3v) is 4.11. The average molecular weight is 400 g/mol. The second-order valence-corrected chi connectivity index (χ2v) is 6.25. The van der Waals surface area contributed by atoms with Crippen LogP contribution in [0.25, 0.3) is 5.65 Å². The number of alkyl halides is 3. The standard InChI is InChI=1S/C19H15F3N6O/c20-19(21,22)15-5-1-2-6-16(15)26-18(29)25-13-9-23-28(11-13)12-14-10-27-8-4-3-7-17(27)24-14/h1-11H,12H2,(H2,25,26,29). The zero-order valence-electron chi connectivity index (χ0n) is 14.9. The molecule has 4 aromatic rings. The fourth-order valence-corrected chi connectivity index (χ4v) is 2.87. The van der Waals surface area contributed by atoms with Gasteiger partial charge >= 0.3 is 12.2 Å². The third-order valence-electron chi connectivity index (χ3n) is 4.11. The summed E-state index contributed by atoms with van der Waals surface area (Å²) < 4.78 is 42.5. The third kappa shape index (κ3) is 4.21. The Bertz CT molecular complexity index is 1130. The van der Waals surface area contributed by atoms with Crippen LogP contribution in [0.5, 0.6) is 0 Å². The summed E-state index contributed by atoms with van der Waals surface area (Å²) in [6.45, 7) is 0.377. The Kier molecular flexibility index (Phi) is 4.67. The number of hydrogen-bond acceptors (Lipinski definition) is 3. The van der Waals surface area contributed by atoms with Crippen LogP contribution in [0.15, 0.2) is 67.3 Å². The highest BCUT2D eigenvalue weighted by Crippen LogP contribution is 2.34. The van der Waals surface area contributed by atoms with Crippen molar-refractivity contribution in [3.8, 4) is 0 Å². The van der Waals surface area contributed by atoms with E-state index >= 15 is 0 Å². The van der Waals surface area contributed by atoms with E-state index in [1.54, 1.807) is 10.9 Å².